The molecule has 0 aliphatic heterocycles. The van der Waals surface area contributed by atoms with Gasteiger partial charge in [-0.05, 0) is 31.4 Å². The number of amides is 1. The number of carbonyl (C=O) groups is 1. The van der Waals surface area contributed by atoms with Crippen molar-refractivity contribution in [3.05, 3.63) is 22.4 Å². The predicted molar refractivity (Wildman–Crippen MR) is 91.3 cm³/mol. The number of nitrogens with zero attached hydrogens (tertiary/aromatic N) is 2. The summed E-state index contributed by atoms with van der Waals surface area (Å²) in [6, 6.07) is 2.24. The first-order chi connectivity index (χ1) is 10.2. The summed E-state index contributed by atoms with van der Waals surface area (Å²) >= 11 is 1.37. The molecule has 0 spiro atoms. The van der Waals surface area contributed by atoms with Gasteiger partial charge in [0.2, 0.25) is 5.91 Å². The van der Waals surface area contributed by atoms with Gasteiger partial charge in [0.15, 0.2) is 0 Å². The van der Waals surface area contributed by atoms with Crippen molar-refractivity contribution < 1.29 is 4.79 Å². The van der Waals surface area contributed by atoms with Crippen molar-refractivity contribution in [2.24, 2.45) is 5.41 Å². The van der Waals surface area contributed by atoms with Crippen LogP contribution in [0.15, 0.2) is 0 Å². The van der Waals surface area contributed by atoms with Crippen molar-refractivity contribution in [1.82, 2.24) is 4.98 Å². The largest absolute Gasteiger partial charge is 0.316 e. The van der Waals surface area contributed by atoms with Crippen LogP contribution in [-0.2, 0) is 11.2 Å². The molecule has 2 heterocycles. The quantitative estimate of drug-likeness (QED) is 0.897. The van der Waals surface area contributed by atoms with Gasteiger partial charge in [-0.1, -0.05) is 39.0 Å². The third-order valence-corrected chi connectivity index (χ3v) is 4.80. The van der Waals surface area contributed by atoms with E-state index in [0.717, 1.165) is 27.9 Å². The van der Waals surface area contributed by atoms with Crippen LogP contribution in [0.5, 0.6) is 0 Å². The number of carbonyl (C=O) groups excluding carboxylic acids is 1. The molecule has 1 amide bonds. The maximum atomic E-state index is 12.2. The van der Waals surface area contributed by atoms with E-state index < -0.39 is 5.41 Å². The Morgan fingerprint density at radius 1 is 1.36 bits per heavy atom. The lowest BCUT2D eigenvalue weighted by molar-refractivity contribution is -0.123. The lowest BCUT2D eigenvalue weighted by Crippen LogP contribution is -2.27. The van der Waals surface area contributed by atoms with Gasteiger partial charge in [0.05, 0.1) is 5.56 Å². The van der Waals surface area contributed by atoms with Gasteiger partial charge < -0.3 is 5.32 Å². The highest BCUT2D eigenvalue weighted by Crippen LogP contribution is 2.38. The Labute approximate surface area is 135 Å². The monoisotopic (exact) mass is 315 g/mol. The molecule has 0 saturated carbocycles. The molecule has 22 heavy (non-hydrogen) atoms. The molecular formula is C17H21N3OS. The third kappa shape index (κ3) is 2.71. The average Bonchev–Trinajstić information content (AvgIpc) is 2.75. The predicted octanol–water partition coefficient (Wildman–Crippen LogP) is 4.33. The Hall–Kier alpha value is -1.93. The second-order valence-corrected chi connectivity index (χ2v) is 7.46. The summed E-state index contributed by atoms with van der Waals surface area (Å²) in [5, 5.41) is 13.9. The molecule has 2 rings (SSSR count). The number of hydrogen-bond acceptors (Lipinski definition) is 4. The number of aromatic nitrogens is 1. The topological polar surface area (TPSA) is 65.8 Å². The van der Waals surface area contributed by atoms with Crippen molar-refractivity contribution in [3.8, 4) is 6.07 Å². The van der Waals surface area contributed by atoms with Crippen LogP contribution in [0.4, 0.5) is 5.00 Å². The molecule has 0 aromatic carbocycles. The Balaban J connectivity index is 2.66. The van der Waals surface area contributed by atoms with E-state index in [4.69, 9.17) is 0 Å². The number of nitrogens with one attached hydrogen (secondary N) is 1. The molecule has 2 aromatic rings. The minimum absolute atomic E-state index is 0.0966. The van der Waals surface area contributed by atoms with Gasteiger partial charge in [-0.2, -0.15) is 5.26 Å². The number of anilines is 1. The van der Waals surface area contributed by atoms with E-state index in [-0.39, 0.29) is 5.91 Å². The molecule has 5 heteroatoms. The summed E-state index contributed by atoms with van der Waals surface area (Å²) in [6.45, 7) is 11.7. The molecular weight excluding hydrogens is 294 g/mol. The van der Waals surface area contributed by atoms with Crippen LogP contribution in [-0.4, -0.2) is 10.9 Å². The van der Waals surface area contributed by atoms with Crippen LogP contribution in [0.25, 0.3) is 10.2 Å². The van der Waals surface area contributed by atoms with E-state index in [0.29, 0.717) is 10.6 Å². The van der Waals surface area contributed by atoms with E-state index >= 15 is 0 Å². The van der Waals surface area contributed by atoms with Gasteiger partial charge in [0.1, 0.15) is 15.9 Å². The molecule has 0 bridgehead atoms. The molecule has 0 unspecified atom stereocenters. The first kappa shape index (κ1) is 16.4. The van der Waals surface area contributed by atoms with Crippen LogP contribution < -0.4 is 5.32 Å². The van der Waals surface area contributed by atoms with E-state index in [1.54, 1.807) is 0 Å². The molecule has 0 aliphatic carbocycles. The highest BCUT2D eigenvalue weighted by atomic mass is 32.1. The average molecular weight is 315 g/mol. The van der Waals surface area contributed by atoms with E-state index in [1.807, 2.05) is 34.6 Å². The maximum Gasteiger partial charge on any atom is 0.230 e. The van der Waals surface area contributed by atoms with E-state index in [9.17, 15) is 10.1 Å². The van der Waals surface area contributed by atoms with Crippen LogP contribution in [0.1, 0.15) is 50.1 Å². The van der Waals surface area contributed by atoms with Crippen LogP contribution >= 0.6 is 11.3 Å². The Morgan fingerprint density at radius 2 is 2.00 bits per heavy atom. The molecule has 4 nitrogen and oxygen atoms in total. The Bertz CT molecular complexity index is 791. The van der Waals surface area contributed by atoms with Gasteiger partial charge >= 0.3 is 0 Å². The summed E-state index contributed by atoms with van der Waals surface area (Å²) in [5.41, 5.74) is 3.28. The van der Waals surface area contributed by atoms with Crippen molar-refractivity contribution in [2.45, 2.75) is 48.0 Å². The summed E-state index contributed by atoms with van der Waals surface area (Å²) in [5.74, 6) is -0.0966. The first-order valence-electron chi connectivity index (χ1n) is 7.34. The highest BCUT2D eigenvalue weighted by Gasteiger charge is 2.25. The fraction of sp³-hybridized carbons (Fsp3) is 0.471. The fourth-order valence-corrected chi connectivity index (χ4v) is 3.62. The van der Waals surface area contributed by atoms with Crippen LogP contribution in [0, 0.1) is 30.6 Å². The summed E-state index contributed by atoms with van der Waals surface area (Å²) < 4.78 is 0. The number of thiophene rings is 1. The van der Waals surface area contributed by atoms with E-state index in [2.05, 4.69) is 23.3 Å². The Kier molecular flexibility index (Phi) is 4.25. The normalized spacial score (nSPS) is 11.5. The lowest BCUT2D eigenvalue weighted by Gasteiger charge is -2.16. The molecule has 2 aromatic heterocycles. The molecule has 0 radical (unpaired) electrons. The minimum atomic E-state index is -0.504. The van der Waals surface area contributed by atoms with Crippen molar-refractivity contribution in [3.63, 3.8) is 0 Å². The summed E-state index contributed by atoms with van der Waals surface area (Å²) in [6.07, 6.45) is 0.880. The number of hydrogen-bond donors (Lipinski definition) is 1. The lowest BCUT2D eigenvalue weighted by atomic mass is 9.95. The number of aryl methyl sites for hydroxylation is 2. The summed E-state index contributed by atoms with van der Waals surface area (Å²) in [7, 11) is 0. The van der Waals surface area contributed by atoms with Gasteiger partial charge in [-0.3, -0.25) is 4.79 Å². The smallest absolute Gasteiger partial charge is 0.230 e. The zero-order valence-electron chi connectivity index (χ0n) is 13.9. The van der Waals surface area contributed by atoms with Crippen molar-refractivity contribution in [2.75, 3.05) is 5.32 Å². The van der Waals surface area contributed by atoms with Crippen LogP contribution in [0.3, 0.4) is 0 Å². The van der Waals surface area contributed by atoms with Gasteiger partial charge in [0, 0.05) is 16.5 Å². The van der Waals surface area contributed by atoms with Crippen molar-refractivity contribution >= 4 is 32.5 Å². The highest BCUT2D eigenvalue weighted by molar-refractivity contribution is 7.23. The molecule has 116 valence electrons. The van der Waals surface area contributed by atoms with E-state index in [1.165, 1.54) is 16.9 Å². The third-order valence-electron chi connectivity index (χ3n) is 3.80. The second kappa shape index (κ2) is 5.69. The molecule has 1 N–H and O–H groups in total. The zero-order chi connectivity index (χ0) is 16.7. The minimum Gasteiger partial charge on any atom is -0.316 e. The Morgan fingerprint density at radius 3 is 2.50 bits per heavy atom. The van der Waals surface area contributed by atoms with Gasteiger partial charge in [-0.15, -0.1) is 0 Å². The molecule has 0 saturated heterocycles. The van der Waals surface area contributed by atoms with Gasteiger partial charge in [-0.25, -0.2) is 4.98 Å². The standard InChI is InChI=1S/C17H21N3OS/c1-7-11-9(2)13-12(8-18)14(20-16(21)17(4,5)6)22-15(13)19-10(11)3/h7H2,1-6H3,(H,20,21). The first-order valence-corrected chi connectivity index (χ1v) is 8.16. The maximum absolute atomic E-state index is 12.2. The van der Waals surface area contributed by atoms with Crippen LogP contribution in [0.2, 0.25) is 0 Å². The van der Waals surface area contributed by atoms with Gasteiger partial charge in [0.25, 0.3) is 0 Å². The second-order valence-electron chi connectivity index (χ2n) is 6.46. The SMILES string of the molecule is CCc1c(C)nc2sc(NC(=O)C(C)(C)C)c(C#N)c2c1C. The molecule has 0 atom stereocenters. The number of rotatable bonds is 2. The molecule has 0 aliphatic rings. The van der Waals surface area contributed by atoms with Crippen molar-refractivity contribution in [1.29, 1.82) is 5.26 Å². The number of fused-ring (bicyclic) bond motifs is 1. The number of nitriles is 1. The zero-order valence-corrected chi connectivity index (χ0v) is 14.7. The summed E-state index contributed by atoms with van der Waals surface area (Å²) in [4.78, 5) is 17.7. The molecule has 0 fully saturated rings. The fourth-order valence-electron chi connectivity index (χ4n) is 2.49. The number of pyridine rings is 1.